The van der Waals surface area contributed by atoms with Crippen molar-refractivity contribution in [3.05, 3.63) is 66.2 Å². The van der Waals surface area contributed by atoms with Gasteiger partial charge in [-0.05, 0) is 36.8 Å². The highest BCUT2D eigenvalue weighted by Gasteiger charge is 2.10. The molecule has 3 rings (SSSR count). The quantitative estimate of drug-likeness (QED) is 0.724. The molecule has 5 heteroatoms. The van der Waals surface area contributed by atoms with E-state index in [0.29, 0.717) is 17.0 Å². The Labute approximate surface area is 127 Å². The van der Waals surface area contributed by atoms with E-state index in [-0.39, 0.29) is 11.7 Å². The minimum absolute atomic E-state index is 0.0478. The van der Waals surface area contributed by atoms with Gasteiger partial charge in [-0.25, -0.2) is 4.98 Å². The average Bonchev–Trinajstić information content (AvgIpc) is 3.04. The van der Waals surface area contributed by atoms with Gasteiger partial charge in [0, 0.05) is 11.1 Å². The van der Waals surface area contributed by atoms with E-state index < -0.39 is 0 Å². The SMILES string of the molecule is Cc1ccc(NC(=O)c2ccc(-c3cnco3)cc2)c(O)c1. The summed E-state index contributed by atoms with van der Waals surface area (Å²) in [6.45, 7) is 1.87. The van der Waals surface area contributed by atoms with Crippen LogP contribution in [0.2, 0.25) is 0 Å². The van der Waals surface area contributed by atoms with Gasteiger partial charge in [0.1, 0.15) is 5.75 Å². The van der Waals surface area contributed by atoms with Crippen LogP contribution < -0.4 is 5.32 Å². The number of phenols is 1. The lowest BCUT2D eigenvalue weighted by molar-refractivity contribution is 0.102. The Bertz CT molecular complexity index is 793. The number of aromatic nitrogens is 1. The van der Waals surface area contributed by atoms with E-state index >= 15 is 0 Å². The fourth-order valence-corrected chi connectivity index (χ4v) is 2.09. The number of carbonyl (C=O) groups is 1. The van der Waals surface area contributed by atoms with Gasteiger partial charge >= 0.3 is 0 Å². The number of benzene rings is 2. The first kappa shape index (κ1) is 13.9. The first-order valence-electron chi connectivity index (χ1n) is 6.73. The fraction of sp³-hybridized carbons (Fsp3) is 0.0588. The van der Waals surface area contributed by atoms with Crippen LogP contribution >= 0.6 is 0 Å². The standard InChI is InChI=1S/C17H14N2O3/c1-11-2-7-14(15(20)8-11)19-17(21)13-5-3-12(4-6-13)16-9-18-10-22-16/h2-10,20H,1H3,(H,19,21). The minimum Gasteiger partial charge on any atom is -0.506 e. The summed E-state index contributed by atoms with van der Waals surface area (Å²) in [5.74, 6) is 0.401. The molecular formula is C17H14N2O3. The number of aromatic hydroxyl groups is 1. The predicted molar refractivity (Wildman–Crippen MR) is 82.7 cm³/mol. The molecule has 3 aromatic rings. The molecule has 1 amide bonds. The van der Waals surface area contributed by atoms with Crippen molar-refractivity contribution in [1.29, 1.82) is 0 Å². The molecule has 0 fully saturated rings. The largest absolute Gasteiger partial charge is 0.506 e. The molecule has 0 unspecified atom stereocenters. The Hall–Kier alpha value is -3.08. The number of carbonyl (C=O) groups excluding carboxylic acids is 1. The summed E-state index contributed by atoms with van der Waals surface area (Å²) >= 11 is 0. The molecule has 2 aromatic carbocycles. The van der Waals surface area contributed by atoms with E-state index in [1.165, 1.54) is 6.39 Å². The van der Waals surface area contributed by atoms with Crippen molar-refractivity contribution in [3.8, 4) is 17.1 Å². The third kappa shape index (κ3) is 2.83. The van der Waals surface area contributed by atoms with Gasteiger partial charge in [0.2, 0.25) is 0 Å². The monoisotopic (exact) mass is 294 g/mol. The maximum atomic E-state index is 12.2. The number of hydrogen-bond donors (Lipinski definition) is 2. The molecular weight excluding hydrogens is 280 g/mol. The third-order valence-corrected chi connectivity index (χ3v) is 3.27. The Morgan fingerprint density at radius 1 is 1.18 bits per heavy atom. The first-order valence-corrected chi connectivity index (χ1v) is 6.73. The van der Waals surface area contributed by atoms with Crippen molar-refractivity contribution in [1.82, 2.24) is 4.98 Å². The molecule has 0 aliphatic carbocycles. The normalized spacial score (nSPS) is 10.4. The van der Waals surface area contributed by atoms with Gasteiger partial charge in [0.25, 0.3) is 5.91 Å². The molecule has 0 saturated carbocycles. The Kier molecular flexibility index (Phi) is 3.62. The summed E-state index contributed by atoms with van der Waals surface area (Å²) in [4.78, 5) is 16.0. The number of oxazole rings is 1. The number of hydrogen-bond acceptors (Lipinski definition) is 4. The number of phenolic OH excluding ortho intramolecular Hbond substituents is 1. The molecule has 1 heterocycles. The summed E-state index contributed by atoms with van der Waals surface area (Å²) in [6, 6.07) is 12.0. The lowest BCUT2D eigenvalue weighted by Gasteiger charge is -2.08. The van der Waals surface area contributed by atoms with Crippen LogP contribution in [0.25, 0.3) is 11.3 Å². The summed E-state index contributed by atoms with van der Waals surface area (Å²) in [5.41, 5.74) is 2.64. The maximum absolute atomic E-state index is 12.2. The lowest BCUT2D eigenvalue weighted by atomic mass is 10.1. The van der Waals surface area contributed by atoms with Gasteiger partial charge in [0.15, 0.2) is 12.2 Å². The van der Waals surface area contributed by atoms with Crippen molar-refractivity contribution in [3.63, 3.8) is 0 Å². The summed E-state index contributed by atoms with van der Waals surface area (Å²) in [5, 5.41) is 12.5. The predicted octanol–water partition coefficient (Wildman–Crippen LogP) is 3.61. The van der Waals surface area contributed by atoms with Gasteiger partial charge in [-0.2, -0.15) is 0 Å². The van der Waals surface area contributed by atoms with Crippen molar-refractivity contribution in [2.24, 2.45) is 0 Å². The van der Waals surface area contributed by atoms with Crippen molar-refractivity contribution >= 4 is 11.6 Å². The smallest absolute Gasteiger partial charge is 0.255 e. The van der Waals surface area contributed by atoms with E-state index in [4.69, 9.17) is 4.42 Å². The first-order chi connectivity index (χ1) is 10.6. The fourth-order valence-electron chi connectivity index (χ4n) is 2.09. The summed E-state index contributed by atoms with van der Waals surface area (Å²) < 4.78 is 5.20. The van der Waals surface area contributed by atoms with Crippen LogP contribution in [0, 0.1) is 6.92 Å². The van der Waals surface area contributed by atoms with Crippen LogP contribution in [0.15, 0.2) is 59.5 Å². The Morgan fingerprint density at radius 2 is 1.95 bits per heavy atom. The van der Waals surface area contributed by atoms with Gasteiger partial charge in [-0.15, -0.1) is 0 Å². The second kappa shape index (κ2) is 5.73. The van der Waals surface area contributed by atoms with E-state index in [1.807, 2.05) is 13.0 Å². The Morgan fingerprint density at radius 3 is 2.59 bits per heavy atom. The number of rotatable bonds is 3. The Balaban J connectivity index is 1.77. The van der Waals surface area contributed by atoms with Crippen LogP contribution in [-0.4, -0.2) is 16.0 Å². The van der Waals surface area contributed by atoms with Crippen molar-refractivity contribution in [2.75, 3.05) is 5.32 Å². The third-order valence-electron chi connectivity index (χ3n) is 3.27. The van der Waals surface area contributed by atoms with E-state index in [2.05, 4.69) is 10.3 Å². The molecule has 0 spiro atoms. The number of amides is 1. The zero-order valence-corrected chi connectivity index (χ0v) is 11.9. The molecule has 0 bridgehead atoms. The van der Waals surface area contributed by atoms with Gasteiger partial charge in [-0.3, -0.25) is 4.79 Å². The van der Waals surface area contributed by atoms with Gasteiger partial charge in [-0.1, -0.05) is 18.2 Å². The van der Waals surface area contributed by atoms with Crippen LogP contribution in [0.4, 0.5) is 5.69 Å². The second-order valence-electron chi connectivity index (χ2n) is 4.92. The second-order valence-corrected chi connectivity index (χ2v) is 4.92. The molecule has 1 aromatic heterocycles. The van der Waals surface area contributed by atoms with E-state index in [9.17, 15) is 9.90 Å². The summed E-state index contributed by atoms with van der Waals surface area (Å²) in [6.07, 6.45) is 2.97. The van der Waals surface area contributed by atoms with Crippen molar-refractivity contribution in [2.45, 2.75) is 6.92 Å². The molecule has 110 valence electrons. The van der Waals surface area contributed by atoms with Gasteiger partial charge < -0.3 is 14.8 Å². The lowest BCUT2D eigenvalue weighted by Crippen LogP contribution is -2.11. The highest BCUT2D eigenvalue weighted by Crippen LogP contribution is 2.25. The average molecular weight is 294 g/mol. The molecule has 22 heavy (non-hydrogen) atoms. The number of nitrogens with one attached hydrogen (secondary N) is 1. The van der Waals surface area contributed by atoms with Crippen LogP contribution in [0.1, 0.15) is 15.9 Å². The molecule has 2 N–H and O–H groups in total. The minimum atomic E-state index is -0.289. The van der Waals surface area contributed by atoms with E-state index in [0.717, 1.165) is 11.1 Å². The molecule has 0 saturated heterocycles. The molecule has 0 aliphatic rings. The highest BCUT2D eigenvalue weighted by molar-refractivity contribution is 6.05. The topological polar surface area (TPSA) is 75.4 Å². The van der Waals surface area contributed by atoms with Gasteiger partial charge in [0.05, 0.1) is 11.9 Å². The van der Waals surface area contributed by atoms with Crippen LogP contribution in [-0.2, 0) is 0 Å². The van der Waals surface area contributed by atoms with Crippen molar-refractivity contribution < 1.29 is 14.3 Å². The highest BCUT2D eigenvalue weighted by atomic mass is 16.3. The molecule has 0 radical (unpaired) electrons. The zero-order chi connectivity index (χ0) is 15.5. The van der Waals surface area contributed by atoms with E-state index in [1.54, 1.807) is 42.6 Å². The number of anilines is 1. The molecule has 5 nitrogen and oxygen atoms in total. The maximum Gasteiger partial charge on any atom is 0.255 e. The number of aryl methyl sites for hydroxylation is 1. The zero-order valence-electron chi connectivity index (χ0n) is 11.9. The molecule has 0 aliphatic heterocycles. The number of nitrogens with zero attached hydrogens (tertiary/aromatic N) is 1. The molecule has 0 atom stereocenters. The van der Waals surface area contributed by atoms with Crippen LogP contribution in [0.5, 0.6) is 5.75 Å². The summed E-state index contributed by atoms with van der Waals surface area (Å²) in [7, 11) is 0. The van der Waals surface area contributed by atoms with Crippen LogP contribution in [0.3, 0.4) is 0 Å².